The van der Waals surface area contributed by atoms with E-state index in [1.807, 2.05) is 25.7 Å². The van der Waals surface area contributed by atoms with E-state index in [2.05, 4.69) is 5.32 Å². The van der Waals surface area contributed by atoms with Crippen LogP contribution in [0.15, 0.2) is 0 Å². The number of carbonyl (C=O) groups is 1. The number of nitrogens with zero attached hydrogens (tertiary/aromatic N) is 1. The molecule has 4 unspecified atom stereocenters. The second-order valence-electron chi connectivity index (χ2n) is 7.67. The van der Waals surface area contributed by atoms with E-state index in [9.17, 15) is 4.79 Å². The van der Waals surface area contributed by atoms with Gasteiger partial charge in [-0.25, -0.2) is 4.79 Å². The molecule has 0 aromatic carbocycles. The molecule has 1 N–H and O–H groups in total. The van der Waals surface area contributed by atoms with Crippen molar-refractivity contribution in [3.05, 3.63) is 0 Å². The van der Waals surface area contributed by atoms with Crippen molar-refractivity contribution in [1.29, 1.82) is 0 Å². The summed E-state index contributed by atoms with van der Waals surface area (Å²) in [5.74, 6) is 0.628. The van der Waals surface area contributed by atoms with Gasteiger partial charge in [-0.05, 0) is 65.2 Å². The van der Waals surface area contributed by atoms with Crippen molar-refractivity contribution in [2.75, 3.05) is 6.54 Å². The Morgan fingerprint density at radius 1 is 1.15 bits per heavy atom. The topological polar surface area (TPSA) is 41.6 Å². The summed E-state index contributed by atoms with van der Waals surface area (Å²) >= 11 is 0. The number of likely N-dealkylation sites (tertiary alicyclic amines) is 1. The van der Waals surface area contributed by atoms with Crippen molar-refractivity contribution in [3.63, 3.8) is 0 Å². The number of carbonyl (C=O) groups excluding carboxylic acids is 1. The fourth-order valence-electron chi connectivity index (χ4n) is 4.26. The molecule has 3 aliphatic rings. The van der Waals surface area contributed by atoms with Crippen molar-refractivity contribution in [3.8, 4) is 0 Å². The molecule has 0 aromatic rings. The Kier molecular flexibility index (Phi) is 3.69. The summed E-state index contributed by atoms with van der Waals surface area (Å²) in [5, 5.41) is 3.75. The number of hydrogen-bond acceptors (Lipinski definition) is 3. The minimum atomic E-state index is -0.395. The molecular weight excluding hydrogens is 252 g/mol. The lowest BCUT2D eigenvalue weighted by molar-refractivity contribution is 0.0142. The van der Waals surface area contributed by atoms with Crippen molar-refractivity contribution in [1.82, 2.24) is 10.2 Å². The molecule has 0 aromatic heterocycles. The van der Waals surface area contributed by atoms with Gasteiger partial charge < -0.3 is 15.0 Å². The number of ether oxygens (including phenoxy) is 1. The molecule has 4 atom stereocenters. The lowest BCUT2D eigenvalue weighted by Crippen LogP contribution is -2.51. The Morgan fingerprint density at radius 3 is 2.65 bits per heavy atom. The first-order valence-electron chi connectivity index (χ1n) is 8.20. The highest BCUT2D eigenvalue weighted by atomic mass is 16.6. The van der Waals surface area contributed by atoms with Crippen LogP contribution >= 0.6 is 0 Å². The third-order valence-electron chi connectivity index (χ3n) is 5.06. The average Bonchev–Trinajstić information content (AvgIpc) is 2.96. The van der Waals surface area contributed by atoms with Gasteiger partial charge in [0.2, 0.25) is 0 Å². The quantitative estimate of drug-likeness (QED) is 0.803. The number of rotatable bonds is 1. The van der Waals surface area contributed by atoms with E-state index in [1.165, 1.54) is 25.7 Å². The van der Waals surface area contributed by atoms with Crippen LogP contribution in [0.3, 0.4) is 0 Å². The number of piperidine rings is 1. The number of fused-ring (bicyclic) bond motifs is 2. The van der Waals surface area contributed by atoms with Crippen LogP contribution in [0.1, 0.15) is 59.3 Å². The maximum absolute atomic E-state index is 12.4. The summed E-state index contributed by atoms with van der Waals surface area (Å²) in [4.78, 5) is 14.4. The summed E-state index contributed by atoms with van der Waals surface area (Å²) in [7, 11) is 0. The Labute approximate surface area is 122 Å². The van der Waals surface area contributed by atoms with E-state index in [0.29, 0.717) is 18.0 Å². The molecule has 1 amide bonds. The van der Waals surface area contributed by atoms with Gasteiger partial charge in [-0.3, -0.25) is 0 Å². The standard InChI is InChI=1S/C16H28N2O2/c1-16(2,3)20-15(19)18-10-4-5-14(18)12-8-6-11-7-9-13(12)17-11/h11-14,17H,4-10H2,1-3H3. The Bertz CT molecular complexity index is 377. The van der Waals surface area contributed by atoms with Crippen LogP contribution < -0.4 is 5.32 Å². The largest absolute Gasteiger partial charge is 0.444 e. The van der Waals surface area contributed by atoms with Crippen molar-refractivity contribution >= 4 is 6.09 Å². The summed E-state index contributed by atoms with van der Waals surface area (Å²) in [6.45, 7) is 6.70. The Morgan fingerprint density at radius 2 is 1.90 bits per heavy atom. The molecule has 3 fully saturated rings. The maximum atomic E-state index is 12.4. The molecule has 2 bridgehead atoms. The molecule has 0 saturated carbocycles. The highest BCUT2D eigenvalue weighted by molar-refractivity contribution is 5.69. The van der Waals surface area contributed by atoms with Gasteiger partial charge in [-0.1, -0.05) is 0 Å². The molecule has 114 valence electrons. The fraction of sp³-hybridized carbons (Fsp3) is 0.938. The molecule has 0 aliphatic carbocycles. The van der Waals surface area contributed by atoms with Crippen LogP contribution in [0.2, 0.25) is 0 Å². The van der Waals surface area contributed by atoms with Crippen LogP contribution in [0.4, 0.5) is 4.79 Å². The first-order valence-corrected chi connectivity index (χ1v) is 8.20. The van der Waals surface area contributed by atoms with Crippen LogP contribution in [0.25, 0.3) is 0 Å². The van der Waals surface area contributed by atoms with Gasteiger partial charge in [0.1, 0.15) is 5.60 Å². The van der Waals surface area contributed by atoms with E-state index in [1.54, 1.807) is 0 Å². The van der Waals surface area contributed by atoms with Gasteiger partial charge >= 0.3 is 6.09 Å². The molecule has 0 spiro atoms. The normalized spacial score (nSPS) is 37.2. The number of nitrogens with one attached hydrogen (secondary N) is 1. The number of amides is 1. The molecule has 4 heteroatoms. The van der Waals surface area contributed by atoms with Gasteiger partial charge in [0.25, 0.3) is 0 Å². The van der Waals surface area contributed by atoms with Crippen LogP contribution in [0.5, 0.6) is 0 Å². The van der Waals surface area contributed by atoms with Gasteiger partial charge in [0.05, 0.1) is 0 Å². The van der Waals surface area contributed by atoms with Crippen LogP contribution in [0, 0.1) is 5.92 Å². The SMILES string of the molecule is CC(C)(C)OC(=O)N1CCCC1C1CCC2CCC1N2. The Balaban J connectivity index is 1.67. The lowest BCUT2D eigenvalue weighted by atomic mass is 9.84. The molecule has 3 rings (SSSR count). The van der Waals surface area contributed by atoms with E-state index in [-0.39, 0.29) is 6.09 Å². The molecule has 3 aliphatic heterocycles. The summed E-state index contributed by atoms with van der Waals surface area (Å²) in [6, 6.07) is 1.76. The molecular formula is C16H28N2O2. The highest BCUT2D eigenvalue weighted by Crippen LogP contribution is 2.38. The molecule has 20 heavy (non-hydrogen) atoms. The molecule has 3 heterocycles. The zero-order valence-electron chi connectivity index (χ0n) is 13.0. The first kappa shape index (κ1) is 14.2. The summed E-state index contributed by atoms with van der Waals surface area (Å²) in [6.07, 6.45) is 7.31. The van der Waals surface area contributed by atoms with E-state index in [4.69, 9.17) is 4.74 Å². The minimum absolute atomic E-state index is 0.111. The van der Waals surface area contributed by atoms with E-state index < -0.39 is 5.60 Å². The summed E-state index contributed by atoms with van der Waals surface area (Å²) in [5.41, 5.74) is -0.395. The van der Waals surface area contributed by atoms with Gasteiger partial charge in [0, 0.05) is 24.7 Å². The zero-order chi connectivity index (χ0) is 14.3. The predicted octanol–water partition coefficient (Wildman–Crippen LogP) is 2.92. The smallest absolute Gasteiger partial charge is 0.410 e. The van der Waals surface area contributed by atoms with Gasteiger partial charge in [0.15, 0.2) is 0 Å². The lowest BCUT2D eigenvalue weighted by Gasteiger charge is -2.38. The second kappa shape index (κ2) is 5.21. The zero-order valence-corrected chi connectivity index (χ0v) is 13.0. The van der Waals surface area contributed by atoms with Crippen molar-refractivity contribution in [2.45, 2.75) is 83.0 Å². The maximum Gasteiger partial charge on any atom is 0.410 e. The predicted molar refractivity (Wildman–Crippen MR) is 78.6 cm³/mol. The van der Waals surface area contributed by atoms with Crippen LogP contribution in [-0.2, 0) is 4.74 Å². The van der Waals surface area contributed by atoms with E-state index in [0.717, 1.165) is 25.4 Å². The fourth-order valence-corrected chi connectivity index (χ4v) is 4.26. The third kappa shape index (κ3) is 2.80. The Hall–Kier alpha value is -0.770. The van der Waals surface area contributed by atoms with Gasteiger partial charge in [-0.15, -0.1) is 0 Å². The third-order valence-corrected chi connectivity index (χ3v) is 5.06. The molecule has 0 radical (unpaired) electrons. The highest BCUT2D eigenvalue weighted by Gasteiger charge is 2.44. The average molecular weight is 280 g/mol. The number of hydrogen-bond donors (Lipinski definition) is 1. The van der Waals surface area contributed by atoms with Crippen molar-refractivity contribution < 1.29 is 9.53 Å². The first-order chi connectivity index (χ1) is 9.44. The molecule has 3 saturated heterocycles. The van der Waals surface area contributed by atoms with Crippen molar-refractivity contribution in [2.24, 2.45) is 5.92 Å². The van der Waals surface area contributed by atoms with E-state index >= 15 is 0 Å². The minimum Gasteiger partial charge on any atom is -0.444 e. The monoisotopic (exact) mass is 280 g/mol. The molecule has 4 nitrogen and oxygen atoms in total. The second-order valence-corrected chi connectivity index (χ2v) is 7.67. The van der Waals surface area contributed by atoms with Gasteiger partial charge in [-0.2, -0.15) is 0 Å². The summed E-state index contributed by atoms with van der Waals surface area (Å²) < 4.78 is 5.59. The van der Waals surface area contributed by atoms with Crippen LogP contribution in [-0.4, -0.2) is 41.3 Å².